The number of nitriles is 1. The molecule has 4 aromatic rings. The Labute approximate surface area is 145 Å². The molecule has 0 saturated heterocycles. The molecule has 0 bridgehead atoms. The Morgan fingerprint density at radius 1 is 1.04 bits per heavy atom. The van der Waals surface area contributed by atoms with Crippen molar-refractivity contribution in [2.75, 3.05) is 0 Å². The molecule has 2 heterocycles. The number of aromatic nitrogens is 2. The van der Waals surface area contributed by atoms with E-state index in [0.717, 1.165) is 32.9 Å². The minimum atomic E-state index is 0.0114. The largest absolute Gasteiger partial charge is 0.339 e. The first kappa shape index (κ1) is 15.2. The summed E-state index contributed by atoms with van der Waals surface area (Å²) in [6.07, 6.45) is 2.64. The van der Waals surface area contributed by atoms with E-state index in [1.54, 1.807) is 11.6 Å². The van der Waals surface area contributed by atoms with Crippen LogP contribution in [0.1, 0.15) is 16.7 Å². The molecule has 0 amide bonds. The van der Waals surface area contributed by atoms with Crippen LogP contribution >= 0.6 is 0 Å². The van der Waals surface area contributed by atoms with E-state index in [2.05, 4.69) is 12.1 Å². The van der Waals surface area contributed by atoms with Gasteiger partial charge in [-0.3, -0.25) is 4.79 Å². The van der Waals surface area contributed by atoms with Crippen LogP contribution in [0.15, 0.2) is 59.5 Å². The van der Waals surface area contributed by atoms with Crippen molar-refractivity contribution < 1.29 is 0 Å². The lowest BCUT2D eigenvalue weighted by Crippen LogP contribution is -2.19. The number of para-hydroxylation sites is 1. The van der Waals surface area contributed by atoms with Crippen LogP contribution in [-0.4, -0.2) is 9.13 Å². The van der Waals surface area contributed by atoms with Crippen LogP contribution < -0.4 is 5.56 Å². The summed E-state index contributed by atoms with van der Waals surface area (Å²) in [7, 11) is 3.74. The first-order valence-corrected chi connectivity index (χ1v) is 8.15. The molecule has 2 aromatic carbocycles. The smallest absolute Gasteiger partial charge is 0.274 e. The highest BCUT2D eigenvalue weighted by Crippen LogP contribution is 2.29. The number of pyridine rings is 1. The molecule has 0 spiro atoms. The van der Waals surface area contributed by atoms with Crippen LogP contribution in [0.4, 0.5) is 0 Å². The van der Waals surface area contributed by atoms with Gasteiger partial charge in [0.05, 0.1) is 11.6 Å². The zero-order valence-electron chi connectivity index (χ0n) is 14.2. The highest BCUT2D eigenvalue weighted by Gasteiger charge is 2.16. The first-order chi connectivity index (χ1) is 12.1. The Bertz CT molecular complexity index is 1200. The van der Waals surface area contributed by atoms with Crippen LogP contribution in [0.2, 0.25) is 0 Å². The van der Waals surface area contributed by atoms with Crippen LogP contribution in [0.5, 0.6) is 0 Å². The Balaban J connectivity index is 2.00. The monoisotopic (exact) mass is 327 g/mol. The van der Waals surface area contributed by atoms with Crippen molar-refractivity contribution in [3.63, 3.8) is 0 Å². The van der Waals surface area contributed by atoms with Gasteiger partial charge >= 0.3 is 0 Å². The maximum absolute atomic E-state index is 12.7. The van der Waals surface area contributed by atoms with E-state index in [0.29, 0.717) is 12.0 Å². The molecule has 0 N–H and O–H groups in total. The molecular weight excluding hydrogens is 310 g/mol. The molecule has 122 valence electrons. The summed E-state index contributed by atoms with van der Waals surface area (Å²) in [5.74, 6) is 0. The molecule has 0 unspecified atom stereocenters. The van der Waals surface area contributed by atoms with Gasteiger partial charge < -0.3 is 9.13 Å². The molecule has 4 nitrogen and oxygen atoms in total. The standard InChI is InChI=1S/C21H17N3O/c1-23-13-16(11-14-7-9-15(12-22)10-8-14)19-17-5-3-4-6-18(17)24(2)20(19)21(23)25/h3-10,13H,11H2,1-2H3. The quantitative estimate of drug-likeness (QED) is 0.566. The molecule has 0 aliphatic rings. The molecule has 0 aliphatic carbocycles. The SMILES string of the molecule is Cn1cc(Cc2ccc(C#N)cc2)c2c3ccccc3n(C)c2c1=O. The van der Waals surface area contributed by atoms with Crippen molar-refractivity contribution in [1.82, 2.24) is 9.13 Å². The molecule has 25 heavy (non-hydrogen) atoms. The van der Waals surface area contributed by atoms with E-state index in [1.165, 1.54) is 0 Å². The Morgan fingerprint density at radius 2 is 1.76 bits per heavy atom. The van der Waals surface area contributed by atoms with Gasteiger partial charge in [-0.2, -0.15) is 5.26 Å². The highest BCUT2D eigenvalue weighted by atomic mass is 16.1. The predicted molar refractivity (Wildman–Crippen MR) is 99.6 cm³/mol. The second-order valence-corrected chi connectivity index (χ2v) is 6.36. The molecular formula is C21H17N3O. The van der Waals surface area contributed by atoms with Gasteiger partial charge in [0.2, 0.25) is 0 Å². The van der Waals surface area contributed by atoms with E-state index in [9.17, 15) is 4.79 Å². The van der Waals surface area contributed by atoms with Crippen LogP contribution in [-0.2, 0) is 20.5 Å². The predicted octanol–water partition coefficient (Wildman–Crippen LogP) is 3.49. The fourth-order valence-corrected chi connectivity index (χ4v) is 3.54. The molecule has 4 rings (SSSR count). The average molecular weight is 327 g/mol. The number of nitrogens with zero attached hydrogens (tertiary/aromatic N) is 3. The number of benzene rings is 2. The third kappa shape index (κ3) is 2.33. The molecule has 0 saturated carbocycles. The molecule has 0 fully saturated rings. The van der Waals surface area contributed by atoms with Crippen LogP contribution in [0.3, 0.4) is 0 Å². The third-order valence-electron chi connectivity index (χ3n) is 4.78. The van der Waals surface area contributed by atoms with Crippen molar-refractivity contribution >= 4 is 21.8 Å². The second-order valence-electron chi connectivity index (χ2n) is 6.36. The summed E-state index contributed by atoms with van der Waals surface area (Å²) in [5.41, 5.74) is 4.68. The molecule has 0 aliphatic heterocycles. The second kappa shape index (κ2) is 5.64. The fourth-order valence-electron chi connectivity index (χ4n) is 3.54. The third-order valence-corrected chi connectivity index (χ3v) is 4.78. The lowest BCUT2D eigenvalue weighted by Gasteiger charge is -2.08. The minimum absolute atomic E-state index is 0.0114. The van der Waals surface area contributed by atoms with Gasteiger partial charge in [0, 0.05) is 36.6 Å². The zero-order valence-corrected chi connectivity index (χ0v) is 14.2. The van der Waals surface area contributed by atoms with E-state index < -0.39 is 0 Å². The van der Waals surface area contributed by atoms with Gasteiger partial charge in [-0.05, 0) is 35.7 Å². The van der Waals surface area contributed by atoms with Crippen LogP contribution in [0.25, 0.3) is 21.8 Å². The number of rotatable bonds is 2. The van der Waals surface area contributed by atoms with Gasteiger partial charge in [0.15, 0.2) is 0 Å². The van der Waals surface area contributed by atoms with Crippen molar-refractivity contribution in [3.05, 3.63) is 81.8 Å². The first-order valence-electron chi connectivity index (χ1n) is 8.15. The van der Waals surface area contributed by atoms with E-state index in [-0.39, 0.29) is 5.56 Å². The van der Waals surface area contributed by atoms with E-state index in [1.807, 2.05) is 60.3 Å². The summed E-state index contributed by atoms with van der Waals surface area (Å²) in [6, 6.07) is 17.9. The van der Waals surface area contributed by atoms with Gasteiger partial charge in [0.25, 0.3) is 5.56 Å². The highest BCUT2D eigenvalue weighted by molar-refractivity contribution is 6.09. The van der Waals surface area contributed by atoms with Gasteiger partial charge in [-0.15, -0.1) is 0 Å². The minimum Gasteiger partial charge on any atom is -0.339 e. The number of aryl methyl sites for hydroxylation is 2. The van der Waals surface area contributed by atoms with Crippen molar-refractivity contribution in [3.8, 4) is 6.07 Å². The van der Waals surface area contributed by atoms with Gasteiger partial charge in [-0.1, -0.05) is 30.3 Å². The summed E-state index contributed by atoms with van der Waals surface area (Å²) in [4.78, 5) is 12.7. The number of fused-ring (bicyclic) bond motifs is 3. The lowest BCUT2D eigenvalue weighted by molar-refractivity contribution is 0.846. The maximum atomic E-state index is 12.7. The molecule has 4 heteroatoms. The average Bonchev–Trinajstić information content (AvgIpc) is 2.94. The molecule has 0 radical (unpaired) electrons. The Hall–Kier alpha value is -3.32. The summed E-state index contributed by atoms with van der Waals surface area (Å²) in [6.45, 7) is 0. The van der Waals surface area contributed by atoms with Crippen molar-refractivity contribution in [2.24, 2.45) is 14.1 Å². The molecule has 2 aromatic heterocycles. The summed E-state index contributed by atoms with van der Waals surface area (Å²) in [5, 5.41) is 11.1. The normalized spacial score (nSPS) is 11.1. The maximum Gasteiger partial charge on any atom is 0.274 e. The van der Waals surface area contributed by atoms with E-state index >= 15 is 0 Å². The van der Waals surface area contributed by atoms with E-state index in [4.69, 9.17) is 5.26 Å². The van der Waals surface area contributed by atoms with Gasteiger partial charge in [-0.25, -0.2) is 0 Å². The Kier molecular flexibility index (Phi) is 3.43. The fraction of sp³-hybridized carbons (Fsp3) is 0.143. The number of hydrogen-bond acceptors (Lipinski definition) is 2. The lowest BCUT2D eigenvalue weighted by atomic mass is 10.0. The van der Waals surface area contributed by atoms with Gasteiger partial charge in [0.1, 0.15) is 5.52 Å². The zero-order chi connectivity index (χ0) is 17.6. The number of hydrogen-bond donors (Lipinski definition) is 0. The Morgan fingerprint density at radius 3 is 2.48 bits per heavy atom. The summed E-state index contributed by atoms with van der Waals surface area (Å²) < 4.78 is 3.63. The van der Waals surface area contributed by atoms with Crippen LogP contribution in [0, 0.1) is 11.3 Å². The molecule has 0 atom stereocenters. The van der Waals surface area contributed by atoms with Crippen molar-refractivity contribution in [1.29, 1.82) is 5.26 Å². The topological polar surface area (TPSA) is 50.7 Å². The summed E-state index contributed by atoms with van der Waals surface area (Å²) >= 11 is 0. The van der Waals surface area contributed by atoms with Crippen molar-refractivity contribution in [2.45, 2.75) is 6.42 Å².